The summed E-state index contributed by atoms with van der Waals surface area (Å²) in [5.74, 6) is -0.0197. The molecule has 1 nitrogen and oxygen atoms in total. The summed E-state index contributed by atoms with van der Waals surface area (Å²) in [4.78, 5) is 0. The molecule has 0 radical (unpaired) electrons. The topological polar surface area (TPSA) is 9.23 Å². The molecular formula is C13H8Cl3FO. The summed E-state index contributed by atoms with van der Waals surface area (Å²) in [6.45, 7) is 0. The number of benzene rings is 2. The van der Waals surface area contributed by atoms with Crippen molar-refractivity contribution in [3.63, 3.8) is 0 Å². The fourth-order valence-corrected chi connectivity index (χ4v) is 2.31. The highest BCUT2D eigenvalue weighted by atomic mass is 35.5. The highest BCUT2D eigenvalue weighted by molar-refractivity contribution is 6.45. The van der Waals surface area contributed by atoms with Crippen LogP contribution in [0.4, 0.5) is 4.39 Å². The van der Waals surface area contributed by atoms with Crippen LogP contribution in [0.5, 0.6) is 5.75 Å². The van der Waals surface area contributed by atoms with Crippen LogP contribution in [0.2, 0.25) is 15.1 Å². The van der Waals surface area contributed by atoms with E-state index >= 15 is 0 Å². The van der Waals surface area contributed by atoms with Crippen LogP contribution in [0.1, 0.15) is 0 Å². The van der Waals surface area contributed by atoms with Gasteiger partial charge < -0.3 is 4.74 Å². The Morgan fingerprint density at radius 1 is 1.00 bits per heavy atom. The molecule has 0 aromatic heterocycles. The van der Waals surface area contributed by atoms with Crippen molar-refractivity contribution in [2.45, 2.75) is 0 Å². The van der Waals surface area contributed by atoms with Gasteiger partial charge in [0.05, 0.1) is 17.2 Å². The van der Waals surface area contributed by atoms with E-state index in [4.69, 9.17) is 39.5 Å². The van der Waals surface area contributed by atoms with Gasteiger partial charge in [-0.1, -0.05) is 34.8 Å². The molecule has 0 N–H and O–H groups in total. The second-order valence-corrected chi connectivity index (χ2v) is 4.85. The summed E-state index contributed by atoms with van der Waals surface area (Å²) >= 11 is 18.0. The molecular weight excluding hydrogens is 297 g/mol. The monoisotopic (exact) mass is 304 g/mol. The van der Waals surface area contributed by atoms with Crippen molar-refractivity contribution in [1.29, 1.82) is 0 Å². The largest absolute Gasteiger partial charge is 0.497 e. The number of halogens is 4. The lowest BCUT2D eigenvalue weighted by atomic mass is 10.1. The van der Waals surface area contributed by atoms with E-state index in [9.17, 15) is 4.39 Å². The minimum atomic E-state index is -0.420. The van der Waals surface area contributed by atoms with Crippen LogP contribution in [0.3, 0.4) is 0 Å². The van der Waals surface area contributed by atoms with Gasteiger partial charge in [0.1, 0.15) is 11.6 Å². The number of ether oxygens (including phenoxy) is 1. The molecule has 0 aliphatic carbocycles. The third kappa shape index (κ3) is 2.72. The highest BCUT2D eigenvalue weighted by Gasteiger charge is 2.11. The second kappa shape index (κ2) is 5.35. The summed E-state index contributed by atoms with van der Waals surface area (Å²) < 4.78 is 18.5. The minimum absolute atomic E-state index is 0.322. The molecule has 18 heavy (non-hydrogen) atoms. The molecule has 2 aromatic carbocycles. The van der Waals surface area contributed by atoms with E-state index in [1.165, 1.54) is 25.3 Å². The maximum atomic E-state index is 13.4. The maximum Gasteiger partial charge on any atom is 0.127 e. The van der Waals surface area contributed by atoms with Crippen LogP contribution in [0.25, 0.3) is 11.1 Å². The van der Waals surface area contributed by atoms with Gasteiger partial charge in [0.2, 0.25) is 0 Å². The molecule has 0 spiro atoms. The first-order valence-electron chi connectivity index (χ1n) is 5.01. The van der Waals surface area contributed by atoms with Gasteiger partial charge in [0.25, 0.3) is 0 Å². The molecule has 0 aliphatic heterocycles. The predicted octanol–water partition coefficient (Wildman–Crippen LogP) is 5.46. The zero-order valence-electron chi connectivity index (χ0n) is 9.31. The Balaban J connectivity index is 2.65. The molecule has 0 fully saturated rings. The average molecular weight is 306 g/mol. The molecule has 0 amide bonds. The van der Waals surface area contributed by atoms with E-state index in [2.05, 4.69) is 0 Å². The molecule has 0 saturated carbocycles. The van der Waals surface area contributed by atoms with Gasteiger partial charge in [0.15, 0.2) is 0 Å². The van der Waals surface area contributed by atoms with Crippen molar-refractivity contribution in [3.8, 4) is 16.9 Å². The fraction of sp³-hybridized carbons (Fsp3) is 0.0769. The predicted molar refractivity (Wildman–Crippen MR) is 73.4 cm³/mol. The van der Waals surface area contributed by atoms with Crippen LogP contribution < -0.4 is 4.74 Å². The Hall–Kier alpha value is -0.960. The lowest BCUT2D eigenvalue weighted by Crippen LogP contribution is -1.88. The van der Waals surface area contributed by atoms with Crippen LogP contribution in [0, 0.1) is 5.82 Å². The standard InChI is InChI=1S/C13H8Cl3FO/c1-18-10-3-7(2-9(17)6-10)11-4-8(14)5-12(15)13(11)16/h2-6H,1H3. The average Bonchev–Trinajstić information content (AvgIpc) is 2.32. The summed E-state index contributed by atoms with van der Waals surface area (Å²) in [7, 11) is 1.46. The Labute approximate surface area is 119 Å². The van der Waals surface area contributed by atoms with E-state index in [-0.39, 0.29) is 0 Å². The van der Waals surface area contributed by atoms with Crippen molar-refractivity contribution in [3.05, 3.63) is 51.2 Å². The molecule has 94 valence electrons. The summed E-state index contributed by atoms with van der Waals surface area (Å²) in [5, 5.41) is 1.08. The molecule has 0 heterocycles. The smallest absolute Gasteiger partial charge is 0.127 e. The van der Waals surface area contributed by atoms with Crippen molar-refractivity contribution in [1.82, 2.24) is 0 Å². The minimum Gasteiger partial charge on any atom is -0.497 e. The van der Waals surface area contributed by atoms with Gasteiger partial charge in [0, 0.05) is 16.7 Å². The number of methoxy groups -OCH3 is 1. The van der Waals surface area contributed by atoms with Crippen molar-refractivity contribution in [2.24, 2.45) is 0 Å². The van der Waals surface area contributed by atoms with Gasteiger partial charge in [-0.3, -0.25) is 0 Å². The van der Waals surface area contributed by atoms with Crippen molar-refractivity contribution >= 4 is 34.8 Å². The quantitative estimate of drug-likeness (QED) is 0.669. The van der Waals surface area contributed by atoms with Gasteiger partial charge in [-0.2, -0.15) is 0 Å². The number of rotatable bonds is 2. The maximum absolute atomic E-state index is 13.4. The second-order valence-electron chi connectivity index (χ2n) is 3.63. The van der Waals surface area contributed by atoms with Gasteiger partial charge in [-0.05, 0) is 29.8 Å². The van der Waals surface area contributed by atoms with E-state index in [1.807, 2.05) is 0 Å². The Kier molecular flexibility index (Phi) is 4.00. The summed E-state index contributed by atoms with van der Waals surface area (Å²) in [6, 6.07) is 7.45. The molecule has 0 aliphatic rings. The lowest BCUT2D eigenvalue weighted by molar-refractivity contribution is 0.411. The first-order chi connectivity index (χ1) is 8.51. The molecule has 2 rings (SSSR count). The van der Waals surface area contributed by atoms with Crippen molar-refractivity contribution < 1.29 is 9.13 Å². The summed E-state index contributed by atoms with van der Waals surface area (Å²) in [6.07, 6.45) is 0. The van der Waals surface area contributed by atoms with Crippen LogP contribution in [0.15, 0.2) is 30.3 Å². The zero-order chi connectivity index (χ0) is 13.3. The van der Waals surface area contributed by atoms with E-state index < -0.39 is 5.82 Å². The van der Waals surface area contributed by atoms with E-state index in [0.717, 1.165) is 0 Å². The lowest BCUT2D eigenvalue weighted by Gasteiger charge is -2.09. The SMILES string of the molecule is COc1cc(F)cc(-c2cc(Cl)cc(Cl)c2Cl)c1. The molecule has 0 bridgehead atoms. The van der Waals surface area contributed by atoms with Gasteiger partial charge >= 0.3 is 0 Å². The molecule has 0 unspecified atom stereocenters. The molecule has 2 aromatic rings. The fourth-order valence-electron chi connectivity index (χ4n) is 1.60. The Morgan fingerprint density at radius 2 is 1.72 bits per heavy atom. The Morgan fingerprint density at radius 3 is 2.39 bits per heavy atom. The van der Waals surface area contributed by atoms with E-state index in [0.29, 0.717) is 31.9 Å². The first kappa shape index (κ1) is 13.5. The first-order valence-corrected chi connectivity index (χ1v) is 6.14. The summed E-state index contributed by atoms with van der Waals surface area (Å²) in [5.41, 5.74) is 1.12. The third-order valence-electron chi connectivity index (χ3n) is 2.41. The van der Waals surface area contributed by atoms with Gasteiger partial charge in [-0.25, -0.2) is 4.39 Å². The zero-order valence-corrected chi connectivity index (χ0v) is 11.6. The molecule has 0 atom stereocenters. The Bertz CT molecular complexity index is 599. The highest BCUT2D eigenvalue weighted by Crippen LogP contribution is 2.37. The van der Waals surface area contributed by atoms with Gasteiger partial charge in [-0.15, -0.1) is 0 Å². The third-order valence-corrected chi connectivity index (χ3v) is 3.43. The van der Waals surface area contributed by atoms with E-state index in [1.54, 1.807) is 12.1 Å². The van der Waals surface area contributed by atoms with Crippen LogP contribution in [-0.2, 0) is 0 Å². The van der Waals surface area contributed by atoms with Crippen LogP contribution >= 0.6 is 34.8 Å². The number of hydrogen-bond donors (Lipinski definition) is 0. The van der Waals surface area contributed by atoms with Crippen molar-refractivity contribution in [2.75, 3.05) is 7.11 Å². The molecule has 0 saturated heterocycles. The molecule has 5 heteroatoms. The van der Waals surface area contributed by atoms with Crippen LogP contribution in [-0.4, -0.2) is 7.11 Å². The number of hydrogen-bond acceptors (Lipinski definition) is 1. The normalized spacial score (nSPS) is 10.5.